The van der Waals surface area contributed by atoms with Crippen molar-refractivity contribution in [3.63, 3.8) is 0 Å². The highest BCUT2D eigenvalue weighted by Crippen LogP contribution is 2.21. The summed E-state index contributed by atoms with van der Waals surface area (Å²) in [4.78, 5) is -0.131. The zero-order valence-corrected chi connectivity index (χ0v) is 10.4. The minimum Gasteiger partial charge on any atom is -0.388 e. The summed E-state index contributed by atoms with van der Waals surface area (Å²) in [6.45, 7) is 1.56. The van der Waals surface area contributed by atoms with E-state index in [1.807, 2.05) is 0 Å². The molecule has 0 radical (unpaired) electrons. The summed E-state index contributed by atoms with van der Waals surface area (Å²) in [5, 5.41) is 9.86. The van der Waals surface area contributed by atoms with Crippen LogP contribution in [-0.2, 0) is 10.1 Å². The van der Waals surface area contributed by atoms with E-state index < -0.39 is 16.2 Å². The van der Waals surface area contributed by atoms with Crippen molar-refractivity contribution >= 4 is 26.0 Å². The third-order valence-electron chi connectivity index (χ3n) is 2.01. The molecule has 84 valence electrons. The van der Waals surface area contributed by atoms with Gasteiger partial charge >= 0.3 is 0 Å². The SMILES string of the molecule is Cc1cc([C@H](O)CBr)ccc1S(=O)(=O)O. The van der Waals surface area contributed by atoms with Gasteiger partial charge in [-0.1, -0.05) is 28.1 Å². The summed E-state index contributed by atoms with van der Waals surface area (Å²) in [6, 6.07) is 4.29. The molecular weight excluding hydrogens is 284 g/mol. The Kier molecular flexibility index (Phi) is 3.88. The molecule has 0 aliphatic heterocycles. The maximum absolute atomic E-state index is 10.9. The maximum Gasteiger partial charge on any atom is 0.294 e. The Morgan fingerprint density at radius 1 is 1.47 bits per heavy atom. The van der Waals surface area contributed by atoms with E-state index >= 15 is 0 Å². The van der Waals surface area contributed by atoms with Crippen LogP contribution in [-0.4, -0.2) is 23.4 Å². The molecule has 1 atom stereocenters. The quantitative estimate of drug-likeness (QED) is 0.657. The summed E-state index contributed by atoms with van der Waals surface area (Å²) >= 11 is 3.12. The molecular formula is C9H11BrO4S. The number of rotatable bonds is 3. The van der Waals surface area contributed by atoms with Crippen LogP contribution in [0.15, 0.2) is 23.1 Å². The molecule has 0 aromatic heterocycles. The van der Waals surface area contributed by atoms with Crippen molar-refractivity contribution in [2.75, 3.05) is 5.33 Å². The molecule has 0 amide bonds. The highest BCUT2D eigenvalue weighted by molar-refractivity contribution is 9.09. The van der Waals surface area contributed by atoms with Gasteiger partial charge in [0.2, 0.25) is 0 Å². The van der Waals surface area contributed by atoms with Crippen LogP contribution in [0.1, 0.15) is 17.2 Å². The lowest BCUT2D eigenvalue weighted by molar-refractivity contribution is 0.205. The average molecular weight is 295 g/mol. The van der Waals surface area contributed by atoms with E-state index in [0.717, 1.165) is 0 Å². The summed E-state index contributed by atoms with van der Waals surface area (Å²) < 4.78 is 30.6. The number of aryl methyl sites for hydroxylation is 1. The average Bonchev–Trinajstić information content (AvgIpc) is 2.14. The first-order valence-corrected chi connectivity index (χ1v) is 6.74. The van der Waals surface area contributed by atoms with E-state index in [1.54, 1.807) is 6.92 Å². The van der Waals surface area contributed by atoms with Gasteiger partial charge < -0.3 is 5.11 Å². The van der Waals surface area contributed by atoms with E-state index in [-0.39, 0.29) is 4.90 Å². The highest BCUT2D eigenvalue weighted by Gasteiger charge is 2.14. The number of alkyl halides is 1. The first kappa shape index (κ1) is 12.6. The summed E-state index contributed by atoms with van der Waals surface area (Å²) in [6.07, 6.45) is -0.681. The maximum atomic E-state index is 10.9. The van der Waals surface area contributed by atoms with Crippen molar-refractivity contribution in [3.8, 4) is 0 Å². The van der Waals surface area contributed by atoms with E-state index in [9.17, 15) is 13.5 Å². The smallest absolute Gasteiger partial charge is 0.294 e. The van der Waals surface area contributed by atoms with E-state index in [4.69, 9.17) is 4.55 Å². The van der Waals surface area contributed by atoms with Crippen molar-refractivity contribution in [3.05, 3.63) is 29.3 Å². The lowest BCUT2D eigenvalue weighted by Gasteiger charge is -2.09. The van der Waals surface area contributed by atoms with Crippen LogP contribution in [0.25, 0.3) is 0 Å². The second-order valence-electron chi connectivity index (χ2n) is 3.17. The van der Waals surface area contributed by atoms with Crippen molar-refractivity contribution < 1.29 is 18.1 Å². The van der Waals surface area contributed by atoms with Gasteiger partial charge in [-0.3, -0.25) is 4.55 Å². The van der Waals surface area contributed by atoms with Crippen LogP contribution in [0.5, 0.6) is 0 Å². The van der Waals surface area contributed by atoms with Gasteiger partial charge in [-0.05, 0) is 24.1 Å². The van der Waals surface area contributed by atoms with Crippen molar-refractivity contribution in [2.45, 2.75) is 17.9 Å². The fraction of sp³-hybridized carbons (Fsp3) is 0.333. The molecule has 15 heavy (non-hydrogen) atoms. The lowest BCUT2D eigenvalue weighted by atomic mass is 10.1. The Morgan fingerprint density at radius 2 is 2.07 bits per heavy atom. The van der Waals surface area contributed by atoms with Crippen LogP contribution in [0, 0.1) is 6.92 Å². The molecule has 0 aliphatic carbocycles. The van der Waals surface area contributed by atoms with E-state index in [0.29, 0.717) is 16.5 Å². The first-order valence-electron chi connectivity index (χ1n) is 4.18. The van der Waals surface area contributed by atoms with Gasteiger partial charge in [0.25, 0.3) is 10.1 Å². The minimum atomic E-state index is -4.18. The molecule has 0 unspecified atom stereocenters. The molecule has 0 saturated carbocycles. The normalized spacial score (nSPS) is 13.9. The van der Waals surface area contributed by atoms with Crippen LogP contribution in [0.3, 0.4) is 0 Å². The number of aliphatic hydroxyl groups is 1. The Bertz CT molecular complexity index is 455. The van der Waals surface area contributed by atoms with Crippen LogP contribution >= 0.6 is 15.9 Å². The largest absolute Gasteiger partial charge is 0.388 e. The fourth-order valence-electron chi connectivity index (χ4n) is 1.26. The standard InChI is InChI=1S/C9H11BrO4S/c1-6-4-7(8(11)5-10)2-3-9(6)15(12,13)14/h2-4,8,11H,5H2,1H3,(H,12,13,14)/t8-/m1/s1. The van der Waals surface area contributed by atoms with Gasteiger partial charge in [0, 0.05) is 5.33 Å². The Hall–Kier alpha value is -0.430. The van der Waals surface area contributed by atoms with Crippen molar-refractivity contribution in [1.29, 1.82) is 0 Å². The van der Waals surface area contributed by atoms with Crippen LogP contribution < -0.4 is 0 Å². The number of aliphatic hydroxyl groups excluding tert-OH is 1. The Balaban J connectivity index is 3.21. The van der Waals surface area contributed by atoms with E-state index in [2.05, 4.69) is 15.9 Å². The molecule has 1 aromatic carbocycles. The Morgan fingerprint density at radius 3 is 2.47 bits per heavy atom. The van der Waals surface area contributed by atoms with Gasteiger partial charge in [-0.2, -0.15) is 8.42 Å². The molecule has 2 N–H and O–H groups in total. The molecule has 4 nitrogen and oxygen atoms in total. The third-order valence-corrected chi connectivity index (χ3v) is 3.64. The molecule has 1 aromatic rings. The molecule has 0 fully saturated rings. The van der Waals surface area contributed by atoms with Crippen LogP contribution in [0.2, 0.25) is 0 Å². The zero-order chi connectivity index (χ0) is 11.6. The molecule has 0 aliphatic rings. The monoisotopic (exact) mass is 294 g/mol. The fourth-order valence-corrected chi connectivity index (χ4v) is 2.34. The topological polar surface area (TPSA) is 74.6 Å². The van der Waals surface area contributed by atoms with Crippen molar-refractivity contribution in [1.82, 2.24) is 0 Å². The number of benzene rings is 1. The van der Waals surface area contributed by atoms with Gasteiger partial charge in [0.15, 0.2) is 0 Å². The van der Waals surface area contributed by atoms with E-state index in [1.165, 1.54) is 18.2 Å². The number of halogens is 1. The molecule has 6 heteroatoms. The molecule has 1 rings (SSSR count). The summed E-state index contributed by atoms with van der Waals surface area (Å²) in [5.74, 6) is 0. The molecule has 0 saturated heterocycles. The second kappa shape index (κ2) is 4.61. The summed E-state index contributed by atoms with van der Waals surface area (Å²) in [7, 11) is -4.18. The van der Waals surface area contributed by atoms with Gasteiger partial charge in [-0.25, -0.2) is 0 Å². The molecule has 0 bridgehead atoms. The van der Waals surface area contributed by atoms with Gasteiger partial charge in [-0.15, -0.1) is 0 Å². The summed E-state index contributed by atoms with van der Waals surface area (Å²) in [5.41, 5.74) is 1.02. The number of hydrogen-bond donors (Lipinski definition) is 2. The highest BCUT2D eigenvalue weighted by atomic mass is 79.9. The van der Waals surface area contributed by atoms with Gasteiger partial charge in [0.1, 0.15) is 0 Å². The predicted molar refractivity (Wildman–Crippen MR) is 59.7 cm³/mol. The minimum absolute atomic E-state index is 0.131. The lowest BCUT2D eigenvalue weighted by Crippen LogP contribution is -2.04. The Labute approximate surface area is 96.8 Å². The second-order valence-corrected chi connectivity index (χ2v) is 5.21. The van der Waals surface area contributed by atoms with Gasteiger partial charge in [0.05, 0.1) is 11.0 Å². The zero-order valence-electron chi connectivity index (χ0n) is 8.01. The van der Waals surface area contributed by atoms with Crippen LogP contribution in [0.4, 0.5) is 0 Å². The van der Waals surface area contributed by atoms with Crippen molar-refractivity contribution in [2.24, 2.45) is 0 Å². The molecule has 0 heterocycles. The predicted octanol–water partition coefficient (Wildman–Crippen LogP) is 1.67. The molecule has 0 spiro atoms. The third kappa shape index (κ3) is 3.01. The number of hydrogen-bond acceptors (Lipinski definition) is 3. The first-order chi connectivity index (χ1) is 6.86.